The summed E-state index contributed by atoms with van der Waals surface area (Å²) < 4.78 is 5.72. The fraction of sp³-hybridized carbons (Fsp3) is 0.471. The van der Waals surface area contributed by atoms with E-state index in [0.29, 0.717) is 11.3 Å². The van der Waals surface area contributed by atoms with E-state index in [4.69, 9.17) is 9.84 Å². The topological polar surface area (TPSA) is 58.6 Å². The van der Waals surface area contributed by atoms with E-state index in [0.717, 1.165) is 0 Å². The summed E-state index contributed by atoms with van der Waals surface area (Å²) in [5.41, 5.74) is 1.37. The van der Waals surface area contributed by atoms with Gasteiger partial charge < -0.3 is 15.2 Å². The zero-order valence-corrected chi connectivity index (χ0v) is 12.6. The minimum Gasteiger partial charge on any atom is -0.384 e. The molecule has 0 radical (unpaired) electrons. The van der Waals surface area contributed by atoms with E-state index in [-0.39, 0.29) is 36.6 Å². The molecule has 4 heteroatoms. The second-order valence-corrected chi connectivity index (χ2v) is 5.43. The van der Waals surface area contributed by atoms with Crippen LogP contribution in [0.15, 0.2) is 24.3 Å². The maximum absolute atomic E-state index is 12.5. The molecule has 0 saturated carbocycles. The van der Waals surface area contributed by atoms with Crippen LogP contribution in [0.1, 0.15) is 26.3 Å². The summed E-state index contributed by atoms with van der Waals surface area (Å²) in [6, 6.07) is 7.33. The van der Waals surface area contributed by atoms with Crippen LogP contribution in [0.3, 0.4) is 0 Å². The summed E-state index contributed by atoms with van der Waals surface area (Å²) in [6.45, 7) is 5.76. The molecule has 1 heterocycles. The van der Waals surface area contributed by atoms with E-state index in [2.05, 4.69) is 17.2 Å². The number of rotatable bonds is 2. The number of ether oxygens (including phenoxy) is 1. The van der Waals surface area contributed by atoms with E-state index in [1.807, 2.05) is 45.0 Å². The Bertz CT molecular complexity index is 573. The molecular weight excluding hydrogens is 266 g/mol. The quantitative estimate of drug-likeness (QED) is 0.818. The molecule has 4 unspecified atom stereocenters. The van der Waals surface area contributed by atoms with Gasteiger partial charge in [0.2, 0.25) is 5.91 Å². The Hall–Kier alpha value is -1.83. The van der Waals surface area contributed by atoms with E-state index < -0.39 is 0 Å². The van der Waals surface area contributed by atoms with Gasteiger partial charge in [-0.25, -0.2) is 0 Å². The summed E-state index contributed by atoms with van der Waals surface area (Å²) in [7, 11) is 0. The molecule has 0 bridgehead atoms. The predicted molar refractivity (Wildman–Crippen MR) is 81.7 cm³/mol. The number of anilines is 1. The van der Waals surface area contributed by atoms with Crippen molar-refractivity contribution in [3.05, 3.63) is 29.8 Å². The second kappa shape index (κ2) is 6.75. The highest BCUT2D eigenvalue weighted by Gasteiger charge is 2.41. The molecular formula is C17H21NO3. The molecule has 1 aromatic rings. The lowest BCUT2D eigenvalue weighted by Crippen LogP contribution is -2.32. The van der Waals surface area contributed by atoms with Gasteiger partial charge in [-0.2, -0.15) is 0 Å². The standard InChI is InChI=1S/C17H21NO3/c1-11-12(2)21-13(3)16(11)17(20)18-15-9-5-4-7-14(15)8-6-10-19/h4-5,7,9,11-13,16,19H,10H2,1-3H3,(H,18,20). The van der Waals surface area contributed by atoms with Gasteiger partial charge >= 0.3 is 0 Å². The van der Waals surface area contributed by atoms with Crippen molar-refractivity contribution in [2.45, 2.75) is 33.0 Å². The summed E-state index contributed by atoms with van der Waals surface area (Å²) in [4.78, 5) is 12.5. The first-order chi connectivity index (χ1) is 10.0. The number of aliphatic hydroxyl groups is 1. The van der Waals surface area contributed by atoms with Gasteiger partial charge in [0, 0.05) is 5.56 Å². The maximum Gasteiger partial charge on any atom is 0.230 e. The molecule has 1 aromatic carbocycles. The molecule has 1 amide bonds. The Labute approximate surface area is 125 Å². The number of hydrogen-bond acceptors (Lipinski definition) is 3. The molecule has 0 spiro atoms. The molecule has 2 N–H and O–H groups in total. The van der Waals surface area contributed by atoms with E-state index in [1.54, 1.807) is 0 Å². The first kappa shape index (κ1) is 15.6. The van der Waals surface area contributed by atoms with Crippen LogP contribution in [0, 0.1) is 23.7 Å². The van der Waals surface area contributed by atoms with Gasteiger partial charge in [-0.15, -0.1) is 0 Å². The number of amides is 1. The SMILES string of the molecule is CC1OC(C)C(C(=O)Nc2ccccc2C#CCO)C1C. The zero-order chi connectivity index (χ0) is 15.4. The Morgan fingerprint density at radius 1 is 1.29 bits per heavy atom. The van der Waals surface area contributed by atoms with Crippen LogP contribution in [-0.2, 0) is 9.53 Å². The van der Waals surface area contributed by atoms with Crippen LogP contribution in [0.4, 0.5) is 5.69 Å². The lowest BCUT2D eigenvalue weighted by molar-refractivity contribution is -0.121. The van der Waals surface area contributed by atoms with Crippen molar-refractivity contribution in [2.75, 3.05) is 11.9 Å². The summed E-state index contributed by atoms with van der Waals surface area (Å²) >= 11 is 0. The lowest BCUT2D eigenvalue weighted by atomic mass is 9.88. The number of para-hydroxylation sites is 1. The van der Waals surface area contributed by atoms with Crippen LogP contribution in [-0.4, -0.2) is 29.8 Å². The van der Waals surface area contributed by atoms with Gasteiger partial charge in [0.15, 0.2) is 0 Å². The molecule has 112 valence electrons. The molecule has 21 heavy (non-hydrogen) atoms. The van der Waals surface area contributed by atoms with Crippen molar-refractivity contribution in [1.82, 2.24) is 0 Å². The monoisotopic (exact) mass is 287 g/mol. The minimum absolute atomic E-state index is 0.0439. The second-order valence-electron chi connectivity index (χ2n) is 5.43. The number of carbonyl (C=O) groups excluding carboxylic acids is 1. The van der Waals surface area contributed by atoms with Gasteiger partial charge in [-0.3, -0.25) is 4.79 Å². The summed E-state index contributed by atoms with van der Waals surface area (Å²) in [6.07, 6.45) is -0.00846. The van der Waals surface area contributed by atoms with Crippen LogP contribution in [0.5, 0.6) is 0 Å². The highest BCUT2D eigenvalue weighted by Crippen LogP contribution is 2.33. The first-order valence-electron chi connectivity index (χ1n) is 7.19. The fourth-order valence-electron chi connectivity index (χ4n) is 2.77. The smallest absolute Gasteiger partial charge is 0.230 e. The fourth-order valence-corrected chi connectivity index (χ4v) is 2.77. The summed E-state index contributed by atoms with van der Waals surface area (Å²) in [5.74, 6) is 5.41. The number of hydrogen-bond donors (Lipinski definition) is 2. The number of aliphatic hydroxyl groups excluding tert-OH is 1. The average Bonchev–Trinajstić information content (AvgIpc) is 2.71. The largest absolute Gasteiger partial charge is 0.384 e. The van der Waals surface area contributed by atoms with Crippen molar-refractivity contribution in [2.24, 2.45) is 11.8 Å². The molecule has 4 nitrogen and oxygen atoms in total. The molecule has 1 fully saturated rings. The maximum atomic E-state index is 12.5. The zero-order valence-electron chi connectivity index (χ0n) is 12.6. The molecule has 0 aliphatic carbocycles. The van der Waals surface area contributed by atoms with E-state index in [9.17, 15) is 4.79 Å². The summed E-state index contributed by atoms with van der Waals surface area (Å²) in [5, 5.41) is 11.7. The van der Waals surface area contributed by atoms with Crippen molar-refractivity contribution >= 4 is 11.6 Å². The van der Waals surface area contributed by atoms with Gasteiger partial charge in [-0.1, -0.05) is 30.9 Å². The molecule has 1 saturated heterocycles. The van der Waals surface area contributed by atoms with Crippen molar-refractivity contribution < 1.29 is 14.6 Å². The van der Waals surface area contributed by atoms with Crippen LogP contribution in [0.2, 0.25) is 0 Å². The molecule has 1 aliphatic rings. The van der Waals surface area contributed by atoms with Crippen molar-refractivity contribution in [3.8, 4) is 11.8 Å². The van der Waals surface area contributed by atoms with Crippen LogP contribution in [0.25, 0.3) is 0 Å². The predicted octanol–water partition coefficient (Wildman–Crippen LogP) is 2.03. The number of nitrogens with one attached hydrogen (secondary N) is 1. The van der Waals surface area contributed by atoms with E-state index in [1.165, 1.54) is 0 Å². The van der Waals surface area contributed by atoms with Crippen LogP contribution >= 0.6 is 0 Å². The van der Waals surface area contributed by atoms with Crippen LogP contribution < -0.4 is 5.32 Å². The Kier molecular flexibility index (Phi) is 5.00. The van der Waals surface area contributed by atoms with Gasteiger partial charge in [0.25, 0.3) is 0 Å². The molecule has 0 aromatic heterocycles. The van der Waals surface area contributed by atoms with Crippen molar-refractivity contribution in [1.29, 1.82) is 0 Å². The molecule has 2 rings (SSSR count). The molecule has 4 atom stereocenters. The Morgan fingerprint density at radius 2 is 2.00 bits per heavy atom. The third-order valence-electron chi connectivity index (χ3n) is 4.03. The molecule has 1 aliphatic heterocycles. The van der Waals surface area contributed by atoms with E-state index >= 15 is 0 Å². The normalized spacial score (nSPS) is 27.8. The minimum atomic E-state index is -0.204. The van der Waals surface area contributed by atoms with Crippen molar-refractivity contribution in [3.63, 3.8) is 0 Å². The van der Waals surface area contributed by atoms with Gasteiger partial charge in [-0.05, 0) is 31.9 Å². The first-order valence-corrected chi connectivity index (χ1v) is 7.19. The number of benzene rings is 1. The van der Waals surface area contributed by atoms with Gasteiger partial charge in [0.05, 0.1) is 23.8 Å². The Balaban J connectivity index is 2.17. The Morgan fingerprint density at radius 3 is 2.62 bits per heavy atom. The number of carbonyl (C=O) groups is 1. The highest BCUT2D eigenvalue weighted by atomic mass is 16.5. The highest BCUT2D eigenvalue weighted by molar-refractivity contribution is 5.94. The van der Waals surface area contributed by atoms with Gasteiger partial charge in [0.1, 0.15) is 6.61 Å². The third-order valence-corrected chi connectivity index (χ3v) is 4.03. The lowest BCUT2D eigenvalue weighted by Gasteiger charge is -2.18. The average molecular weight is 287 g/mol. The third kappa shape index (κ3) is 3.44.